The van der Waals surface area contributed by atoms with Crippen molar-refractivity contribution < 1.29 is 18.8 Å². The molecule has 0 aliphatic heterocycles. The van der Waals surface area contributed by atoms with Crippen LogP contribution in [0.25, 0.3) is 22.2 Å². The monoisotopic (exact) mass is 410 g/mol. The third-order valence-electron chi connectivity index (χ3n) is 5.47. The van der Waals surface area contributed by atoms with Gasteiger partial charge in [-0.15, -0.1) is 0 Å². The van der Waals surface area contributed by atoms with Gasteiger partial charge in [0.05, 0.1) is 0 Å². The highest BCUT2D eigenvalue weighted by Gasteiger charge is 2.16. The predicted octanol–water partition coefficient (Wildman–Crippen LogP) is 5.15. The van der Waals surface area contributed by atoms with Gasteiger partial charge in [0.2, 0.25) is 0 Å². The van der Waals surface area contributed by atoms with Crippen molar-refractivity contribution in [2.45, 2.75) is 38.7 Å². The molecule has 0 bridgehead atoms. The van der Waals surface area contributed by atoms with E-state index in [4.69, 9.17) is 9.26 Å². The second-order valence-electron chi connectivity index (χ2n) is 7.64. The normalized spacial score (nSPS) is 15.1. The third-order valence-corrected chi connectivity index (χ3v) is 5.47. The van der Waals surface area contributed by atoms with Gasteiger partial charge in [-0.1, -0.05) is 23.4 Å². The van der Waals surface area contributed by atoms with E-state index in [1.165, 1.54) is 30.7 Å². The summed E-state index contributed by atoms with van der Waals surface area (Å²) in [5.74, 6) is 0.283. The Kier molecular flexibility index (Phi) is 6.33. The molecule has 3 aromatic rings. The van der Waals surface area contributed by atoms with E-state index in [1.807, 2.05) is 24.3 Å². The largest absolute Gasteiger partial charge is 0.491 e. The molecule has 4 rings (SSSR count). The molecular formula is C24H27FN2O3. The summed E-state index contributed by atoms with van der Waals surface area (Å²) in [5.41, 5.74) is 3.19. The van der Waals surface area contributed by atoms with Gasteiger partial charge < -0.3 is 19.3 Å². The molecule has 1 aromatic heterocycles. The summed E-state index contributed by atoms with van der Waals surface area (Å²) in [6, 6.07) is 11.8. The summed E-state index contributed by atoms with van der Waals surface area (Å²) in [6.07, 6.45) is 6.36. The van der Waals surface area contributed by atoms with Crippen LogP contribution in [0, 0.1) is 5.82 Å². The first-order chi connectivity index (χ1) is 14.6. The van der Waals surface area contributed by atoms with Crippen molar-refractivity contribution in [3.63, 3.8) is 0 Å². The first-order valence-corrected chi connectivity index (χ1v) is 10.5. The molecule has 0 saturated heterocycles. The molecular weight excluding hydrogens is 383 g/mol. The summed E-state index contributed by atoms with van der Waals surface area (Å²) in [6.45, 7) is 3.75. The SMILES string of the molecule is CCN(CC(O)COc1cccc(-c2noc3cc(F)ccc23)c1)C1=CCCCC1. The quantitative estimate of drug-likeness (QED) is 0.556. The lowest BCUT2D eigenvalue weighted by Gasteiger charge is -2.30. The Balaban J connectivity index is 1.41. The lowest BCUT2D eigenvalue weighted by molar-refractivity contribution is 0.0783. The maximum atomic E-state index is 13.4. The van der Waals surface area contributed by atoms with Crippen molar-refractivity contribution in [1.29, 1.82) is 0 Å². The molecule has 158 valence electrons. The minimum atomic E-state index is -0.590. The van der Waals surface area contributed by atoms with E-state index in [9.17, 15) is 9.50 Å². The van der Waals surface area contributed by atoms with E-state index >= 15 is 0 Å². The molecule has 0 spiro atoms. The summed E-state index contributed by atoms with van der Waals surface area (Å²) < 4.78 is 24.5. The van der Waals surface area contributed by atoms with Crippen LogP contribution in [0.15, 0.2) is 58.8 Å². The van der Waals surface area contributed by atoms with E-state index in [1.54, 1.807) is 6.07 Å². The fourth-order valence-corrected chi connectivity index (χ4v) is 3.91. The number of aliphatic hydroxyl groups excluding tert-OH is 1. The van der Waals surface area contributed by atoms with Crippen molar-refractivity contribution >= 4 is 11.0 Å². The molecule has 0 saturated carbocycles. The van der Waals surface area contributed by atoms with Gasteiger partial charge in [-0.05, 0) is 56.9 Å². The van der Waals surface area contributed by atoms with Crippen LogP contribution in [-0.4, -0.2) is 41.0 Å². The van der Waals surface area contributed by atoms with Crippen LogP contribution in [0.2, 0.25) is 0 Å². The Labute approximate surface area is 175 Å². The van der Waals surface area contributed by atoms with Gasteiger partial charge in [-0.25, -0.2) is 4.39 Å². The van der Waals surface area contributed by atoms with Gasteiger partial charge in [0.25, 0.3) is 0 Å². The first-order valence-electron chi connectivity index (χ1n) is 10.5. The minimum Gasteiger partial charge on any atom is -0.491 e. The van der Waals surface area contributed by atoms with Crippen LogP contribution in [0.1, 0.15) is 32.6 Å². The number of allylic oxidation sites excluding steroid dienone is 2. The Morgan fingerprint density at radius 2 is 2.13 bits per heavy atom. The second-order valence-corrected chi connectivity index (χ2v) is 7.64. The Morgan fingerprint density at radius 3 is 2.93 bits per heavy atom. The van der Waals surface area contributed by atoms with Gasteiger partial charge in [0.15, 0.2) is 5.58 Å². The summed E-state index contributed by atoms with van der Waals surface area (Å²) in [4.78, 5) is 2.24. The third kappa shape index (κ3) is 4.65. The standard InChI is InChI=1S/C24H27FN2O3/c1-2-27(19-8-4-3-5-9-19)15-20(28)16-29-21-10-6-7-17(13-21)24-22-12-11-18(25)14-23(22)30-26-24/h6-8,10-14,20,28H,2-5,9,15-16H2,1H3. The number of aromatic nitrogens is 1. The molecule has 1 unspecified atom stereocenters. The van der Waals surface area contributed by atoms with Crippen LogP contribution in [0.5, 0.6) is 5.75 Å². The van der Waals surface area contributed by atoms with Crippen LogP contribution >= 0.6 is 0 Å². The van der Waals surface area contributed by atoms with Crippen LogP contribution in [-0.2, 0) is 0 Å². The average Bonchev–Trinajstić information content (AvgIpc) is 3.20. The number of halogens is 1. The summed E-state index contributed by atoms with van der Waals surface area (Å²) >= 11 is 0. The number of ether oxygens (including phenoxy) is 1. The zero-order valence-electron chi connectivity index (χ0n) is 17.2. The molecule has 5 nitrogen and oxygen atoms in total. The van der Waals surface area contributed by atoms with Gasteiger partial charge in [-0.2, -0.15) is 0 Å². The molecule has 2 aromatic carbocycles. The fourth-order valence-electron chi connectivity index (χ4n) is 3.91. The van der Waals surface area contributed by atoms with E-state index in [0.29, 0.717) is 23.6 Å². The maximum Gasteiger partial charge on any atom is 0.170 e. The van der Waals surface area contributed by atoms with Gasteiger partial charge >= 0.3 is 0 Å². The van der Waals surface area contributed by atoms with E-state index in [-0.39, 0.29) is 12.4 Å². The molecule has 0 fully saturated rings. The molecule has 0 amide bonds. The second kappa shape index (κ2) is 9.30. The molecule has 30 heavy (non-hydrogen) atoms. The Hall–Kier alpha value is -2.86. The van der Waals surface area contributed by atoms with Crippen LogP contribution in [0.4, 0.5) is 4.39 Å². The Morgan fingerprint density at radius 1 is 1.23 bits per heavy atom. The molecule has 1 atom stereocenters. The molecule has 6 heteroatoms. The number of rotatable bonds is 8. The Bertz CT molecular complexity index is 1030. The topological polar surface area (TPSA) is 58.7 Å². The maximum absolute atomic E-state index is 13.4. The average molecular weight is 410 g/mol. The smallest absolute Gasteiger partial charge is 0.170 e. The van der Waals surface area contributed by atoms with E-state index in [2.05, 4.69) is 23.1 Å². The van der Waals surface area contributed by atoms with Crippen molar-refractivity contribution in [3.05, 3.63) is 60.1 Å². The number of hydrogen-bond acceptors (Lipinski definition) is 5. The summed E-state index contributed by atoms with van der Waals surface area (Å²) in [7, 11) is 0. The number of benzene rings is 2. The van der Waals surface area contributed by atoms with Gasteiger partial charge in [0.1, 0.15) is 30.0 Å². The first kappa shape index (κ1) is 20.4. The molecule has 1 aliphatic carbocycles. The zero-order chi connectivity index (χ0) is 20.9. The number of hydrogen-bond donors (Lipinski definition) is 1. The highest BCUT2D eigenvalue weighted by Crippen LogP contribution is 2.30. The molecule has 1 heterocycles. The number of aliphatic hydroxyl groups is 1. The van der Waals surface area contributed by atoms with Crippen LogP contribution < -0.4 is 4.74 Å². The van der Waals surface area contributed by atoms with E-state index in [0.717, 1.165) is 30.3 Å². The minimum absolute atomic E-state index is 0.206. The van der Waals surface area contributed by atoms with Crippen molar-refractivity contribution in [2.24, 2.45) is 0 Å². The lowest BCUT2D eigenvalue weighted by atomic mass is 10.0. The number of likely N-dealkylation sites (N-methyl/N-ethyl adjacent to an activating group) is 1. The summed E-state index contributed by atoms with van der Waals surface area (Å²) in [5, 5.41) is 15.3. The van der Waals surface area contributed by atoms with Crippen molar-refractivity contribution in [3.8, 4) is 17.0 Å². The van der Waals surface area contributed by atoms with Gasteiger partial charge in [-0.3, -0.25) is 0 Å². The highest BCUT2D eigenvalue weighted by molar-refractivity contribution is 5.91. The predicted molar refractivity (Wildman–Crippen MR) is 115 cm³/mol. The molecule has 0 radical (unpaired) electrons. The van der Waals surface area contributed by atoms with Crippen molar-refractivity contribution in [1.82, 2.24) is 10.1 Å². The number of fused-ring (bicyclic) bond motifs is 1. The lowest BCUT2D eigenvalue weighted by Crippen LogP contribution is -2.35. The van der Waals surface area contributed by atoms with E-state index < -0.39 is 6.10 Å². The fraction of sp³-hybridized carbons (Fsp3) is 0.375. The number of nitrogens with zero attached hydrogens (tertiary/aromatic N) is 2. The van der Waals surface area contributed by atoms with Crippen LogP contribution in [0.3, 0.4) is 0 Å². The van der Waals surface area contributed by atoms with Crippen molar-refractivity contribution in [2.75, 3.05) is 19.7 Å². The van der Waals surface area contributed by atoms with Gasteiger partial charge in [0, 0.05) is 35.8 Å². The molecule has 1 aliphatic rings. The highest BCUT2D eigenvalue weighted by atomic mass is 19.1. The zero-order valence-corrected chi connectivity index (χ0v) is 17.2. The molecule has 1 N–H and O–H groups in total.